The molecule has 1 aliphatic rings. The number of anilines is 2. The lowest BCUT2D eigenvalue weighted by atomic mass is 9.98. The highest BCUT2D eigenvalue weighted by molar-refractivity contribution is 7.90. The Kier molecular flexibility index (Phi) is 6.78. The molecular formula is C31H27FN4O5S. The van der Waals surface area contributed by atoms with E-state index in [-0.39, 0.29) is 27.3 Å². The van der Waals surface area contributed by atoms with Crippen LogP contribution < -0.4 is 16.4 Å². The number of hydrogen-bond donors (Lipinski definition) is 2. The third-order valence-corrected chi connectivity index (χ3v) is 8.62. The van der Waals surface area contributed by atoms with E-state index in [0.29, 0.717) is 33.7 Å². The van der Waals surface area contributed by atoms with Crippen LogP contribution in [0.4, 0.5) is 15.9 Å². The SMILES string of the molecule is Cn1cc(-c2cccc(-n3ccc4cc(C5CC5)cc(F)c4c3=O)c2CO)cc(Nc2ccc(S(C)(=O)=O)cn2)c1=O. The summed E-state index contributed by atoms with van der Waals surface area (Å²) in [6.07, 6.45) is 7.51. The number of aliphatic hydroxyl groups is 1. The van der Waals surface area contributed by atoms with Crippen molar-refractivity contribution in [3.8, 4) is 16.8 Å². The molecule has 6 rings (SSSR count). The molecule has 0 atom stereocenters. The summed E-state index contributed by atoms with van der Waals surface area (Å²) < 4.78 is 41.4. The summed E-state index contributed by atoms with van der Waals surface area (Å²) >= 11 is 0. The third kappa shape index (κ3) is 5.01. The number of halogens is 1. The predicted octanol–water partition coefficient (Wildman–Crippen LogP) is 4.41. The fraction of sp³-hybridized carbons (Fsp3) is 0.194. The first-order chi connectivity index (χ1) is 20.0. The van der Waals surface area contributed by atoms with E-state index in [1.54, 1.807) is 49.8 Å². The third-order valence-electron chi connectivity index (χ3n) is 7.52. The highest BCUT2D eigenvalue weighted by Gasteiger charge is 2.25. The summed E-state index contributed by atoms with van der Waals surface area (Å²) in [6.45, 7) is -0.431. The number of nitrogens with one attached hydrogen (secondary N) is 1. The second kappa shape index (κ2) is 10.3. The average Bonchev–Trinajstić information content (AvgIpc) is 3.80. The molecule has 3 aromatic heterocycles. The second-order valence-corrected chi connectivity index (χ2v) is 12.5. The quantitative estimate of drug-likeness (QED) is 0.290. The lowest BCUT2D eigenvalue weighted by Crippen LogP contribution is -2.21. The lowest BCUT2D eigenvalue weighted by molar-refractivity contribution is 0.282. The van der Waals surface area contributed by atoms with Gasteiger partial charge in [-0.15, -0.1) is 0 Å². The number of nitrogens with zero attached hydrogens (tertiary/aromatic N) is 3. The van der Waals surface area contributed by atoms with Crippen LogP contribution in [0.25, 0.3) is 27.6 Å². The van der Waals surface area contributed by atoms with Gasteiger partial charge in [0.2, 0.25) is 0 Å². The van der Waals surface area contributed by atoms with Crippen LogP contribution in [0, 0.1) is 5.82 Å². The Morgan fingerprint density at radius 2 is 1.86 bits per heavy atom. The molecule has 2 aromatic carbocycles. The first kappa shape index (κ1) is 27.6. The summed E-state index contributed by atoms with van der Waals surface area (Å²) in [6, 6.07) is 14.6. The average molecular weight is 587 g/mol. The van der Waals surface area contributed by atoms with E-state index in [4.69, 9.17) is 0 Å². The van der Waals surface area contributed by atoms with Crippen LogP contribution in [0.3, 0.4) is 0 Å². The Hall–Kier alpha value is -4.61. The zero-order valence-electron chi connectivity index (χ0n) is 22.8. The lowest BCUT2D eigenvalue weighted by Gasteiger charge is -2.17. The van der Waals surface area contributed by atoms with Crippen LogP contribution in [0.2, 0.25) is 0 Å². The predicted molar refractivity (Wildman–Crippen MR) is 159 cm³/mol. The minimum absolute atomic E-state index is 0.0146. The van der Waals surface area contributed by atoms with Crippen LogP contribution in [0.1, 0.15) is 29.9 Å². The van der Waals surface area contributed by atoms with Crippen molar-refractivity contribution in [2.75, 3.05) is 11.6 Å². The van der Waals surface area contributed by atoms with Crippen LogP contribution in [-0.4, -0.2) is 33.9 Å². The molecule has 0 amide bonds. The van der Waals surface area contributed by atoms with E-state index >= 15 is 4.39 Å². The van der Waals surface area contributed by atoms with Crippen molar-refractivity contribution < 1.29 is 17.9 Å². The van der Waals surface area contributed by atoms with E-state index in [9.17, 15) is 23.1 Å². The maximum absolute atomic E-state index is 15.2. The number of aromatic nitrogens is 3. The minimum atomic E-state index is -3.43. The Bertz CT molecular complexity index is 2100. The van der Waals surface area contributed by atoms with E-state index < -0.39 is 27.8 Å². The van der Waals surface area contributed by atoms with Gasteiger partial charge in [0.25, 0.3) is 11.1 Å². The molecule has 2 N–H and O–H groups in total. The zero-order chi connectivity index (χ0) is 29.8. The molecule has 0 bridgehead atoms. The molecule has 0 unspecified atom stereocenters. The molecule has 0 aliphatic heterocycles. The van der Waals surface area contributed by atoms with Gasteiger partial charge in [-0.1, -0.05) is 18.2 Å². The van der Waals surface area contributed by atoms with Gasteiger partial charge in [0.1, 0.15) is 17.3 Å². The van der Waals surface area contributed by atoms with Crippen molar-refractivity contribution in [1.82, 2.24) is 14.1 Å². The molecule has 1 aliphatic carbocycles. The summed E-state index contributed by atoms with van der Waals surface area (Å²) in [5.41, 5.74) is 2.09. The van der Waals surface area contributed by atoms with Crippen molar-refractivity contribution in [1.29, 1.82) is 0 Å². The Morgan fingerprint density at radius 3 is 2.52 bits per heavy atom. The first-order valence-corrected chi connectivity index (χ1v) is 15.2. The van der Waals surface area contributed by atoms with Crippen molar-refractivity contribution >= 4 is 32.1 Å². The van der Waals surface area contributed by atoms with Gasteiger partial charge in [0.05, 0.1) is 22.6 Å². The summed E-state index contributed by atoms with van der Waals surface area (Å²) in [7, 11) is -1.85. The Morgan fingerprint density at radius 1 is 1.07 bits per heavy atom. The number of pyridine rings is 3. The van der Waals surface area contributed by atoms with Crippen molar-refractivity contribution in [2.24, 2.45) is 7.05 Å². The molecule has 11 heteroatoms. The number of fused-ring (bicyclic) bond motifs is 1. The molecule has 9 nitrogen and oxygen atoms in total. The second-order valence-electron chi connectivity index (χ2n) is 10.5. The summed E-state index contributed by atoms with van der Waals surface area (Å²) in [4.78, 5) is 30.7. The molecule has 42 heavy (non-hydrogen) atoms. The number of benzene rings is 2. The molecule has 1 fully saturated rings. The summed E-state index contributed by atoms with van der Waals surface area (Å²) in [5.74, 6) is 0.0395. The molecule has 1 saturated carbocycles. The topological polar surface area (TPSA) is 123 Å². The van der Waals surface area contributed by atoms with Gasteiger partial charge in [-0.25, -0.2) is 17.8 Å². The van der Waals surface area contributed by atoms with E-state index in [1.165, 1.54) is 33.5 Å². The van der Waals surface area contributed by atoms with Crippen molar-refractivity contribution in [2.45, 2.75) is 30.3 Å². The minimum Gasteiger partial charge on any atom is -0.392 e. The molecule has 214 valence electrons. The monoisotopic (exact) mass is 586 g/mol. The molecule has 0 radical (unpaired) electrons. The highest BCUT2D eigenvalue weighted by atomic mass is 32.2. The van der Waals surface area contributed by atoms with Gasteiger partial charge in [-0.2, -0.15) is 0 Å². The van der Waals surface area contributed by atoms with Crippen molar-refractivity contribution in [3.63, 3.8) is 0 Å². The number of aliphatic hydroxyl groups excluding tert-OH is 1. The zero-order valence-corrected chi connectivity index (χ0v) is 23.7. The van der Waals surface area contributed by atoms with Crippen LogP contribution in [-0.2, 0) is 23.5 Å². The van der Waals surface area contributed by atoms with E-state index in [0.717, 1.165) is 24.7 Å². The van der Waals surface area contributed by atoms with E-state index in [1.807, 2.05) is 6.07 Å². The van der Waals surface area contributed by atoms with Crippen LogP contribution in [0.15, 0.2) is 87.7 Å². The van der Waals surface area contributed by atoms with Crippen molar-refractivity contribution in [3.05, 3.63) is 111 Å². The number of aryl methyl sites for hydroxylation is 1. The first-order valence-electron chi connectivity index (χ1n) is 13.3. The summed E-state index contributed by atoms with van der Waals surface area (Å²) in [5, 5.41) is 13.9. The maximum Gasteiger partial charge on any atom is 0.274 e. The fourth-order valence-corrected chi connectivity index (χ4v) is 5.75. The van der Waals surface area contributed by atoms with Gasteiger partial charge in [0.15, 0.2) is 9.84 Å². The van der Waals surface area contributed by atoms with Crippen LogP contribution >= 0.6 is 0 Å². The smallest absolute Gasteiger partial charge is 0.274 e. The number of hydrogen-bond acceptors (Lipinski definition) is 7. The Labute approximate surface area is 240 Å². The molecule has 0 spiro atoms. The number of sulfone groups is 1. The molecule has 0 saturated heterocycles. The molecule has 5 aromatic rings. The van der Waals surface area contributed by atoms with Gasteiger partial charge in [-0.05, 0) is 71.7 Å². The molecular weight excluding hydrogens is 559 g/mol. The van der Waals surface area contributed by atoms with E-state index in [2.05, 4.69) is 10.3 Å². The van der Waals surface area contributed by atoms with Gasteiger partial charge in [-0.3, -0.25) is 14.2 Å². The normalized spacial score (nSPS) is 13.4. The van der Waals surface area contributed by atoms with Gasteiger partial charge in [0, 0.05) is 43.0 Å². The Balaban J connectivity index is 1.43. The maximum atomic E-state index is 15.2. The van der Waals surface area contributed by atoms with Gasteiger partial charge < -0.3 is 15.0 Å². The van der Waals surface area contributed by atoms with Gasteiger partial charge >= 0.3 is 0 Å². The molecule has 3 heterocycles. The fourth-order valence-electron chi connectivity index (χ4n) is 5.19. The standard InChI is InChI=1S/C31H27FN4O5S/c1-35-16-21(14-26(30(35)38)34-28-9-8-22(15-33-28)42(2,40)41)23-4-3-5-27(24(23)17-37)36-11-10-19-12-20(18-6-7-18)13-25(32)29(19)31(36)39/h3-5,8-16,18,37H,6-7,17H2,1-2H3,(H,33,34). The largest absolute Gasteiger partial charge is 0.392 e. The van der Waals surface area contributed by atoms with Crippen LogP contribution in [0.5, 0.6) is 0 Å². The highest BCUT2D eigenvalue weighted by Crippen LogP contribution is 2.41. The number of rotatable bonds is 7.